The van der Waals surface area contributed by atoms with Gasteiger partial charge in [-0.3, -0.25) is 4.90 Å². The van der Waals surface area contributed by atoms with Crippen molar-refractivity contribution in [2.45, 2.75) is 37.7 Å². The summed E-state index contributed by atoms with van der Waals surface area (Å²) in [4.78, 5) is 6.60. The number of nitrogens with zero attached hydrogens (tertiary/aromatic N) is 2. The standard InChI is InChI=1S/C15H23N3O3S/c1-14(2,3)10-18-8-6-15(11-18)9-17-22(19,20)12-5-4-7-16-13(12)21-15/h4-5,7H,6,8-11H2,1-3H3,(H-,17,19,20). The fourth-order valence-corrected chi connectivity index (χ4v) is 4.35. The molecule has 1 saturated heterocycles. The molecular formula is C15H23N3O3S. The molecule has 0 radical (unpaired) electrons. The Labute approximate surface area is 132 Å². The molecular weight excluding hydrogens is 302 g/mol. The topological polar surface area (TPSA) is 77.5 Å². The molecule has 0 aromatic carbocycles. The zero-order chi connectivity index (χ0) is 16.0. The highest BCUT2D eigenvalue weighted by atomic mass is 32.3. The highest BCUT2D eigenvalue weighted by molar-refractivity contribution is 7.95. The summed E-state index contributed by atoms with van der Waals surface area (Å²) in [5.41, 5.74) is -0.330. The lowest BCUT2D eigenvalue weighted by atomic mass is 9.96. The molecule has 0 bridgehead atoms. The molecule has 3 heterocycles. The van der Waals surface area contributed by atoms with Gasteiger partial charge in [-0.2, -0.15) is 0 Å². The van der Waals surface area contributed by atoms with Crippen LogP contribution in [0.15, 0.2) is 23.2 Å². The minimum Gasteiger partial charge on any atom is -0.593 e. The van der Waals surface area contributed by atoms with E-state index in [0.717, 1.165) is 19.5 Å². The van der Waals surface area contributed by atoms with Gasteiger partial charge in [0.1, 0.15) is 5.60 Å². The van der Waals surface area contributed by atoms with E-state index in [2.05, 4.69) is 35.4 Å². The van der Waals surface area contributed by atoms with Crippen molar-refractivity contribution in [3.63, 3.8) is 0 Å². The van der Waals surface area contributed by atoms with Gasteiger partial charge in [-0.1, -0.05) is 25.0 Å². The molecule has 2 aliphatic heterocycles. The van der Waals surface area contributed by atoms with Crippen molar-refractivity contribution in [2.75, 3.05) is 26.2 Å². The summed E-state index contributed by atoms with van der Waals surface area (Å²) in [5.74, 6) is 0.213. The number of aromatic nitrogens is 1. The first-order chi connectivity index (χ1) is 10.2. The van der Waals surface area contributed by atoms with E-state index in [1.165, 1.54) is 6.07 Å². The third-order valence-electron chi connectivity index (χ3n) is 4.02. The predicted octanol–water partition coefficient (Wildman–Crippen LogP) is 1.46. The Bertz CT molecular complexity index is 616. The minimum atomic E-state index is -3.55. The van der Waals surface area contributed by atoms with Gasteiger partial charge in [-0.25, -0.2) is 4.98 Å². The molecule has 22 heavy (non-hydrogen) atoms. The molecule has 2 unspecified atom stereocenters. The summed E-state index contributed by atoms with van der Waals surface area (Å²) in [7, 11) is -3.55. The number of sulfonamides is 1. The second-order valence-corrected chi connectivity index (χ2v) is 9.17. The van der Waals surface area contributed by atoms with E-state index in [-0.39, 0.29) is 22.7 Å². The molecule has 7 heteroatoms. The van der Waals surface area contributed by atoms with E-state index in [4.69, 9.17) is 4.74 Å². The Kier molecular flexibility index (Phi) is 3.79. The Hall–Kier alpha value is -1.02. The van der Waals surface area contributed by atoms with E-state index in [0.29, 0.717) is 6.54 Å². The van der Waals surface area contributed by atoms with Crippen molar-refractivity contribution >= 4 is 10.4 Å². The van der Waals surface area contributed by atoms with Crippen molar-refractivity contribution in [1.82, 2.24) is 14.6 Å². The number of nitrogens with one attached hydrogen (secondary N) is 1. The fourth-order valence-electron chi connectivity index (χ4n) is 3.16. The monoisotopic (exact) mass is 325 g/mol. The van der Waals surface area contributed by atoms with Crippen molar-refractivity contribution in [3.05, 3.63) is 18.3 Å². The van der Waals surface area contributed by atoms with Crippen LogP contribution >= 0.6 is 0 Å². The van der Waals surface area contributed by atoms with Gasteiger partial charge >= 0.3 is 0 Å². The second-order valence-electron chi connectivity index (χ2n) is 7.44. The third-order valence-corrected chi connectivity index (χ3v) is 5.43. The van der Waals surface area contributed by atoms with Crippen LogP contribution in [0.5, 0.6) is 5.88 Å². The number of hydrogen-bond acceptors (Lipinski definition) is 5. The van der Waals surface area contributed by atoms with Gasteiger partial charge in [0.2, 0.25) is 4.90 Å². The van der Waals surface area contributed by atoms with E-state index in [1.54, 1.807) is 12.3 Å². The molecule has 0 aliphatic carbocycles. The van der Waals surface area contributed by atoms with E-state index < -0.39 is 16.0 Å². The predicted molar refractivity (Wildman–Crippen MR) is 83.2 cm³/mol. The molecule has 1 fully saturated rings. The summed E-state index contributed by atoms with van der Waals surface area (Å²) in [5, 5.41) is 0. The molecule has 122 valence electrons. The zero-order valence-electron chi connectivity index (χ0n) is 13.3. The van der Waals surface area contributed by atoms with Gasteiger partial charge in [0.15, 0.2) is 10.4 Å². The minimum absolute atomic E-state index is 0.126. The Balaban J connectivity index is 1.85. The molecule has 2 aliphatic rings. The van der Waals surface area contributed by atoms with Crippen molar-refractivity contribution < 1.29 is 13.5 Å². The number of fused-ring (bicyclic) bond motifs is 1. The van der Waals surface area contributed by atoms with Gasteiger partial charge in [0, 0.05) is 38.3 Å². The van der Waals surface area contributed by atoms with Crippen molar-refractivity contribution in [3.8, 4) is 5.88 Å². The van der Waals surface area contributed by atoms with Crippen LogP contribution in [0, 0.1) is 5.41 Å². The maximum absolute atomic E-state index is 12.3. The third kappa shape index (κ3) is 3.17. The lowest BCUT2D eigenvalue weighted by Crippen LogP contribution is -2.49. The number of pyridine rings is 1. The van der Waals surface area contributed by atoms with Crippen LogP contribution in [0.3, 0.4) is 0 Å². The molecule has 6 nitrogen and oxygen atoms in total. The smallest absolute Gasteiger partial charge is 0.272 e. The van der Waals surface area contributed by atoms with Crippen LogP contribution in [0.25, 0.3) is 0 Å². The first-order valence-electron chi connectivity index (χ1n) is 7.55. The largest absolute Gasteiger partial charge is 0.593 e. The molecule has 2 atom stereocenters. The van der Waals surface area contributed by atoms with Crippen LogP contribution in [0.4, 0.5) is 0 Å². The lowest BCUT2D eigenvalue weighted by Gasteiger charge is -2.30. The number of likely N-dealkylation sites (tertiary alicyclic amines) is 1. The van der Waals surface area contributed by atoms with E-state index >= 15 is 0 Å². The first kappa shape index (κ1) is 15.9. The van der Waals surface area contributed by atoms with E-state index in [1.807, 2.05) is 0 Å². The summed E-state index contributed by atoms with van der Waals surface area (Å²) < 4.78 is 33.4. The van der Waals surface area contributed by atoms with Crippen LogP contribution in [0.1, 0.15) is 27.2 Å². The normalized spacial score (nSPS) is 32.5. The maximum atomic E-state index is 12.3. The summed E-state index contributed by atoms with van der Waals surface area (Å²) >= 11 is 0. The quantitative estimate of drug-likeness (QED) is 0.791. The Morgan fingerprint density at radius 1 is 1.55 bits per heavy atom. The molecule has 1 aromatic rings. The number of ether oxygens (including phenoxy) is 1. The van der Waals surface area contributed by atoms with Crippen LogP contribution in [-0.4, -0.2) is 46.2 Å². The van der Waals surface area contributed by atoms with Gasteiger partial charge in [0.05, 0.1) is 6.54 Å². The Morgan fingerprint density at radius 3 is 3.05 bits per heavy atom. The van der Waals surface area contributed by atoms with Crippen LogP contribution in [0.2, 0.25) is 0 Å². The van der Waals surface area contributed by atoms with Gasteiger partial charge < -0.3 is 9.29 Å². The number of rotatable bonds is 1. The maximum Gasteiger partial charge on any atom is 0.272 e. The van der Waals surface area contributed by atoms with Gasteiger partial charge in [-0.05, 0) is 11.5 Å². The molecule has 3 rings (SSSR count). The van der Waals surface area contributed by atoms with Crippen LogP contribution < -0.4 is 9.46 Å². The van der Waals surface area contributed by atoms with E-state index in [9.17, 15) is 8.76 Å². The molecule has 1 N–H and O–H groups in total. The summed E-state index contributed by atoms with van der Waals surface area (Å²) in [6.45, 7) is 9.46. The molecule has 0 amide bonds. The molecule has 1 spiro atoms. The summed E-state index contributed by atoms with van der Waals surface area (Å²) in [6, 6.07) is 3.14. The summed E-state index contributed by atoms with van der Waals surface area (Å²) in [6.07, 6.45) is 2.36. The average molecular weight is 325 g/mol. The number of hydrogen-bond donors (Lipinski definition) is 1. The highest BCUT2D eigenvalue weighted by Gasteiger charge is 2.47. The molecule has 1 aromatic heterocycles. The lowest BCUT2D eigenvalue weighted by molar-refractivity contribution is 0.0708. The Morgan fingerprint density at radius 2 is 2.32 bits per heavy atom. The average Bonchev–Trinajstić information content (AvgIpc) is 2.73. The van der Waals surface area contributed by atoms with Gasteiger partial charge in [-0.15, -0.1) is 4.72 Å². The highest BCUT2D eigenvalue weighted by Crippen LogP contribution is 2.35. The van der Waals surface area contributed by atoms with Gasteiger partial charge in [0.25, 0.3) is 5.88 Å². The first-order valence-corrected chi connectivity index (χ1v) is 9.04. The molecule has 0 saturated carbocycles. The van der Waals surface area contributed by atoms with Crippen molar-refractivity contribution in [2.24, 2.45) is 5.41 Å². The van der Waals surface area contributed by atoms with Crippen molar-refractivity contribution in [1.29, 1.82) is 0 Å². The zero-order valence-corrected chi connectivity index (χ0v) is 14.1. The SMILES string of the molecule is CC(C)(C)CN1CCC2(CN[S+](=O)([O-])c3cccnc3O2)C1. The van der Waals surface area contributed by atoms with Crippen LogP contribution in [-0.2, 0) is 14.6 Å². The fraction of sp³-hybridized carbons (Fsp3) is 0.667. The second kappa shape index (κ2) is 5.26.